The van der Waals surface area contributed by atoms with E-state index in [0.717, 1.165) is 127 Å². The smallest absolute Gasteiger partial charge is 0.309 e. The number of hydrogen-bond donors (Lipinski definition) is 0. The second-order valence-electron chi connectivity index (χ2n) is 37.6. The lowest BCUT2D eigenvalue weighted by Gasteiger charge is -2.35. The van der Waals surface area contributed by atoms with Crippen molar-refractivity contribution in [3.8, 4) is 24.3 Å². The summed E-state index contributed by atoms with van der Waals surface area (Å²) in [6.07, 6.45) is 8.63. The van der Waals surface area contributed by atoms with Crippen molar-refractivity contribution < 1.29 is 43.0 Å². The fourth-order valence-corrected chi connectivity index (χ4v) is 22.1. The Bertz CT molecular complexity index is 6990. The number of amides is 4. The van der Waals surface area contributed by atoms with E-state index in [9.17, 15) is 54.6 Å². The largest absolute Gasteiger partial charge is 0.469 e. The highest BCUT2D eigenvalue weighted by atomic mass is 35.5. The van der Waals surface area contributed by atoms with Crippen LogP contribution in [-0.4, -0.2) is 145 Å². The molecule has 4 aromatic heterocycles. The molecule has 3 atom stereocenters. The van der Waals surface area contributed by atoms with Crippen LogP contribution in [0.1, 0.15) is 223 Å². The molecule has 8 heterocycles. The fraction of sp³-hybridized carbons (Fsp3) is 0.380. The minimum absolute atomic E-state index is 0.0111. The van der Waals surface area contributed by atoms with Crippen LogP contribution in [0.2, 0.25) is 40.2 Å². The normalized spacial score (nSPS) is 15.7. The molecule has 712 valence electrons. The van der Waals surface area contributed by atoms with Crippen molar-refractivity contribution in [1.82, 2.24) is 37.9 Å². The second kappa shape index (κ2) is 43.8. The average Bonchev–Trinajstić information content (AvgIpc) is 1.64. The van der Waals surface area contributed by atoms with Gasteiger partial charge in [-0.25, -0.2) is 0 Å². The van der Waals surface area contributed by atoms with E-state index >= 15 is 0 Å². The van der Waals surface area contributed by atoms with Gasteiger partial charge < -0.3 is 47.3 Å². The van der Waals surface area contributed by atoms with Gasteiger partial charge in [-0.1, -0.05) is 127 Å². The molecule has 0 bridgehead atoms. The van der Waals surface area contributed by atoms with Crippen molar-refractivity contribution in [2.45, 2.75) is 152 Å². The lowest BCUT2D eigenvalue weighted by molar-refractivity contribution is -0.149. The number of Topliss-reactive ketones (excluding diaryl/α,β-unsaturated/α-hetero) is 1. The van der Waals surface area contributed by atoms with Gasteiger partial charge in [0.2, 0.25) is 0 Å². The standard InChI is InChI=1S/C29H33Cl2N3O.C27H27Cl2N3O3.C26H25Cl2N3O3.C26H25Cl2N3O2/c1-18-12-20(17-32)13-26-23(18)14-21(33(26)5)15-24-25(30)7-6-22(27(24)31)28(35)34-10-8-19(9-11-34)16-29(2,3)4;1-15-9-17(13-30)10-24-21(15)11-18(31(24)3)12-22-23(28)6-5-20(25(22)29)26(33)32-8-7-19(16(2)14-32)27(34)35-4;1-15-10-16(14-29)11-23-20(15)12-18(30(23)2)13-21-22(27)5-4-19(24(21)28)25(32)31-8-6-17(7-9-31)26(33)34-3;1-4-24(32)22-6-5-9-31(22)26(33)18-7-8-21(27)20(25(18)28)13-17-12-19-15(2)10-16(14-29)11-23(19)30(17)3/h6-7,12-14,19H,8-11,15-16H2,1-5H3;5-6,9-11,16,19H,7-8,12,14H2,1-4H3;4-5,10-12,17H,6-9,13H2,1-3H3;7-8,10-12,22H,4-6,9,13H2,1-3H3/t;;;22-/m...0/s1. The number of aromatic nitrogens is 4. The van der Waals surface area contributed by atoms with Crippen molar-refractivity contribution in [3.63, 3.8) is 0 Å². The molecule has 12 aromatic rings. The number of fused-ring (bicyclic) bond motifs is 4. The van der Waals surface area contributed by atoms with Crippen LogP contribution in [0.4, 0.5) is 0 Å². The Hall–Kier alpha value is -11.3. The number of halogens is 8. The van der Waals surface area contributed by atoms with E-state index in [4.69, 9.17) is 102 Å². The van der Waals surface area contributed by atoms with E-state index in [1.807, 2.05) is 137 Å². The van der Waals surface area contributed by atoms with Gasteiger partial charge >= 0.3 is 11.9 Å². The number of aryl methyl sites for hydroxylation is 8. The number of likely N-dealkylation sites (tertiary alicyclic amines) is 4. The SMILES string of the molecule is CCC(=O)[C@@H]1CCCN1C(=O)c1ccc(Cl)c(Cc2cc3c(C)cc(C#N)cc3n2C)c1Cl.COC(=O)C1CCN(C(=O)c2ccc(Cl)c(Cc3cc4c(C)cc(C#N)cc4n3C)c2Cl)CC1.COC(=O)C1CCN(C(=O)c2ccc(Cl)c(Cc3cc4c(C)cc(C#N)cc4n3C)c2Cl)CC1C.Cc1cc(C#N)cc2c1cc(Cc1c(Cl)ccc(C(=O)N3CCC(CC(C)(C)C)CC3)c1Cl)n2C. The molecule has 4 saturated heterocycles. The summed E-state index contributed by atoms with van der Waals surface area (Å²) in [4.78, 5) is 96.6. The summed E-state index contributed by atoms with van der Waals surface area (Å²) in [5.74, 6) is -0.716. The zero-order valence-electron chi connectivity index (χ0n) is 79.6. The first-order valence-corrected chi connectivity index (χ1v) is 48.9. The van der Waals surface area contributed by atoms with E-state index in [2.05, 4.69) is 73.9 Å². The van der Waals surface area contributed by atoms with Crippen LogP contribution in [0.3, 0.4) is 0 Å². The maximum absolute atomic E-state index is 13.4. The Morgan fingerprint density at radius 1 is 0.401 bits per heavy atom. The number of nitriles is 4. The molecule has 0 N–H and O–H groups in total. The lowest BCUT2D eigenvalue weighted by atomic mass is 9.80. The van der Waals surface area contributed by atoms with Crippen LogP contribution >= 0.6 is 92.8 Å². The Morgan fingerprint density at radius 2 is 0.708 bits per heavy atom. The molecule has 0 aliphatic carbocycles. The second-order valence-corrected chi connectivity index (χ2v) is 40.7. The van der Waals surface area contributed by atoms with Crippen molar-refractivity contribution in [1.29, 1.82) is 21.0 Å². The van der Waals surface area contributed by atoms with Gasteiger partial charge in [0.25, 0.3) is 23.6 Å². The summed E-state index contributed by atoms with van der Waals surface area (Å²) in [6.45, 7) is 22.5. The summed E-state index contributed by atoms with van der Waals surface area (Å²) in [6, 6.07) is 45.4. The van der Waals surface area contributed by atoms with Crippen LogP contribution < -0.4 is 0 Å². The quantitative estimate of drug-likeness (QED) is 0.0769. The number of benzene rings is 8. The number of piperidine rings is 3. The first kappa shape index (κ1) is 103. The van der Waals surface area contributed by atoms with Crippen LogP contribution in [-0.2, 0) is 77.7 Å². The summed E-state index contributed by atoms with van der Waals surface area (Å²) >= 11 is 53.3. The number of esters is 2. The topological polar surface area (TPSA) is 266 Å². The van der Waals surface area contributed by atoms with Gasteiger partial charge in [0, 0.05) is 193 Å². The Balaban J connectivity index is 0.000000154. The van der Waals surface area contributed by atoms with Gasteiger partial charge in [0.15, 0.2) is 5.78 Å². The lowest BCUT2D eigenvalue weighted by Crippen LogP contribution is -2.45. The number of hydrogen-bond acceptors (Lipinski definition) is 13. The van der Waals surface area contributed by atoms with E-state index < -0.39 is 0 Å². The number of nitrogens with zero attached hydrogens (tertiary/aromatic N) is 12. The highest BCUT2D eigenvalue weighted by Crippen LogP contribution is 2.42. The maximum Gasteiger partial charge on any atom is 0.309 e. The minimum atomic E-state index is -0.381. The molecule has 21 nitrogen and oxygen atoms in total. The fourth-order valence-electron chi connectivity index (χ4n) is 19.8. The van der Waals surface area contributed by atoms with E-state index in [-0.39, 0.29) is 65.1 Å². The van der Waals surface area contributed by atoms with Gasteiger partial charge in [0.1, 0.15) is 0 Å². The van der Waals surface area contributed by atoms with Gasteiger partial charge in [-0.05, 0) is 262 Å². The van der Waals surface area contributed by atoms with Gasteiger partial charge in [-0.15, -0.1) is 0 Å². The summed E-state index contributed by atoms with van der Waals surface area (Å²) in [5, 5.41) is 45.0. The average molecular weight is 2000 g/mol. The summed E-state index contributed by atoms with van der Waals surface area (Å²) in [7, 11) is 10.6. The minimum Gasteiger partial charge on any atom is -0.469 e. The molecule has 0 saturated carbocycles. The van der Waals surface area contributed by atoms with Gasteiger partial charge in [-0.3, -0.25) is 33.6 Å². The molecule has 0 spiro atoms. The van der Waals surface area contributed by atoms with Crippen LogP contribution in [0, 0.1) is 102 Å². The molecule has 137 heavy (non-hydrogen) atoms. The molecule has 29 heteroatoms. The monoisotopic (exact) mass is 2000 g/mol. The summed E-state index contributed by atoms with van der Waals surface area (Å²) < 4.78 is 17.9. The molecular formula is C108H110Cl8N12O9. The van der Waals surface area contributed by atoms with Crippen molar-refractivity contribution in [2.75, 3.05) is 60.0 Å². The van der Waals surface area contributed by atoms with Gasteiger partial charge in [0.05, 0.1) is 121 Å². The number of ketones is 1. The number of carbonyl (C=O) groups is 7. The Labute approximate surface area is 840 Å². The van der Waals surface area contributed by atoms with Crippen LogP contribution in [0.5, 0.6) is 0 Å². The predicted molar refractivity (Wildman–Crippen MR) is 544 cm³/mol. The van der Waals surface area contributed by atoms with E-state index in [1.54, 1.807) is 63.2 Å². The van der Waals surface area contributed by atoms with Crippen molar-refractivity contribution >= 4 is 178 Å². The van der Waals surface area contributed by atoms with Gasteiger partial charge in [-0.2, -0.15) is 21.0 Å². The number of ether oxygens (including phenoxy) is 2. The molecule has 4 fully saturated rings. The Kier molecular flexibility index (Phi) is 33.0. The first-order valence-electron chi connectivity index (χ1n) is 45.9. The third-order valence-corrected chi connectivity index (χ3v) is 30.7. The predicted octanol–water partition coefficient (Wildman–Crippen LogP) is 24.2. The highest BCUT2D eigenvalue weighted by molar-refractivity contribution is 6.40. The first-order chi connectivity index (χ1) is 65.1. The highest BCUT2D eigenvalue weighted by Gasteiger charge is 2.39. The molecular weight excluding hydrogens is 1890 g/mol. The molecule has 4 aliphatic rings. The van der Waals surface area contributed by atoms with E-state index in [0.29, 0.717) is 203 Å². The van der Waals surface area contributed by atoms with Crippen molar-refractivity contribution in [2.24, 2.45) is 57.3 Å². The summed E-state index contributed by atoms with van der Waals surface area (Å²) in [5.41, 5.74) is 19.2. The zero-order chi connectivity index (χ0) is 99.4. The maximum atomic E-state index is 13.4. The Morgan fingerprint density at radius 3 is 1.01 bits per heavy atom. The van der Waals surface area contributed by atoms with Crippen LogP contribution in [0.15, 0.2) is 121 Å². The third-order valence-electron chi connectivity index (χ3n) is 27.5. The number of rotatable bonds is 17. The molecule has 4 amide bonds. The molecule has 0 radical (unpaired) electrons. The van der Waals surface area contributed by atoms with E-state index in [1.165, 1.54) is 20.6 Å². The number of methoxy groups -OCH3 is 2. The third kappa shape index (κ3) is 22.2. The van der Waals surface area contributed by atoms with Crippen LogP contribution in [0.25, 0.3) is 43.6 Å². The zero-order valence-corrected chi connectivity index (χ0v) is 85.7. The molecule has 2 unspecified atom stereocenters. The molecule has 16 rings (SSSR count). The molecule has 8 aromatic carbocycles. The van der Waals surface area contributed by atoms with Crippen molar-refractivity contribution in [3.05, 3.63) is 273 Å². The number of carbonyl (C=O) groups excluding carboxylic acids is 7. The molecule has 4 aliphatic heterocycles.